The zero-order valence-corrected chi connectivity index (χ0v) is 17.7. The number of nitrogens with zero attached hydrogens (tertiary/aromatic N) is 1. The molecule has 9 heteroatoms. The number of hydrogen-bond donors (Lipinski definition) is 1. The van der Waals surface area contributed by atoms with Gasteiger partial charge in [0.2, 0.25) is 10.0 Å². The van der Waals surface area contributed by atoms with Crippen LogP contribution in [0.2, 0.25) is 0 Å². The number of methoxy groups -OCH3 is 1. The van der Waals surface area contributed by atoms with E-state index in [1.807, 2.05) is 0 Å². The second kappa shape index (κ2) is 8.95. The van der Waals surface area contributed by atoms with E-state index in [9.17, 15) is 18.0 Å². The zero-order chi connectivity index (χ0) is 21.8. The summed E-state index contributed by atoms with van der Waals surface area (Å²) in [5.41, 5.74) is 2.07. The molecule has 0 aromatic heterocycles. The maximum Gasteiger partial charge on any atom is 0.337 e. The van der Waals surface area contributed by atoms with Crippen molar-refractivity contribution >= 4 is 33.3 Å². The van der Waals surface area contributed by atoms with E-state index in [0.29, 0.717) is 22.7 Å². The standard InChI is InChI=1S/C20H24N2O6S/c1-13-6-7-15(20(24)27-4)12-18(13)21-19(23)14(2)28-17-10-8-16(9-11-17)22(3)29(5,25)26/h6-12,14H,1-5H3,(H,21,23)/t14-/m1/s1. The molecule has 2 rings (SSSR count). The van der Waals surface area contributed by atoms with Crippen LogP contribution in [-0.4, -0.2) is 46.8 Å². The third kappa shape index (κ3) is 5.71. The number of amides is 1. The Morgan fingerprint density at radius 1 is 1.10 bits per heavy atom. The highest BCUT2D eigenvalue weighted by Gasteiger charge is 2.18. The Bertz CT molecular complexity index is 1000. The first-order valence-corrected chi connectivity index (χ1v) is 10.6. The number of carbonyl (C=O) groups excluding carboxylic acids is 2. The van der Waals surface area contributed by atoms with Gasteiger partial charge >= 0.3 is 5.97 Å². The van der Waals surface area contributed by atoms with Gasteiger partial charge in [0.1, 0.15) is 5.75 Å². The number of benzene rings is 2. The molecule has 1 atom stereocenters. The summed E-state index contributed by atoms with van der Waals surface area (Å²) in [6, 6.07) is 11.2. The maximum absolute atomic E-state index is 12.5. The molecule has 2 aromatic carbocycles. The SMILES string of the molecule is COC(=O)c1ccc(C)c(NC(=O)[C@@H](C)Oc2ccc(N(C)S(C)(=O)=O)cc2)c1. The lowest BCUT2D eigenvalue weighted by Gasteiger charge is -2.18. The van der Waals surface area contributed by atoms with E-state index in [1.54, 1.807) is 56.3 Å². The van der Waals surface area contributed by atoms with Crippen LogP contribution in [0.1, 0.15) is 22.8 Å². The minimum absolute atomic E-state index is 0.326. The van der Waals surface area contributed by atoms with Gasteiger partial charge in [0, 0.05) is 12.7 Å². The Labute approximate surface area is 170 Å². The van der Waals surface area contributed by atoms with E-state index in [4.69, 9.17) is 9.47 Å². The van der Waals surface area contributed by atoms with Crippen molar-refractivity contribution in [3.8, 4) is 5.75 Å². The molecule has 0 spiro atoms. The molecule has 0 aliphatic carbocycles. The minimum atomic E-state index is -3.36. The van der Waals surface area contributed by atoms with Crippen molar-refractivity contribution in [1.82, 2.24) is 0 Å². The molecule has 156 valence electrons. The summed E-state index contributed by atoms with van der Waals surface area (Å²) >= 11 is 0. The van der Waals surface area contributed by atoms with E-state index in [-0.39, 0.29) is 0 Å². The summed E-state index contributed by atoms with van der Waals surface area (Å²) in [4.78, 5) is 24.2. The number of nitrogens with one attached hydrogen (secondary N) is 1. The highest BCUT2D eigenvalue weighted by atomic mass is 32.2. The van der Waals surface area contributed by atoms with E-state index < -0.39 is 28.0 Å². The number of esters is 1. The first-order valence-electron chi connectivity index (χ1n) is 8.73. The molecule has 1 amide bonds. The molecule has 8 nitrogen and oxygen atoms in total. The van der Waals surface area contributed by atoms with Crippen molar-refractivity contribution < 1.29 is 27.5 Å². The minimum Gasteiger partial charge on any atom is -0.481 e. The molecule has 0 aliphatic heterocycles. The normalized spacial score (nSPS) is 12.0. The van der Waals surface area contributed by atoms with Crippen molar-refractivity contribution in [2.75, 3.05) is 30.0 Å². The molecular weight excluding hydrogens is 396 g/mol. The number of anilines is 2. The lowest BCUT2D eigenvalue weighted by Crippen LogP contribution is -2.30. The lowest BCUT2D eigenvalue weighted by atomic mass is 10.1. The van der Waals surface area contributed by atoms with Gasteiger partial charge in [-0.3, -0.25) is 9.10 Å². The smallest absolute Gasteiger partial charge is 0.337 e. The molecule has 29 heavy (non-hydrogen) atoms. The van der Waals surface area contributed by atoms with E-state index >= 15 is 0 Å². The van der Waals surface area contributed by atoms with Gasteiger partial charge < -0.3 is 14.8 Å². The summed E-state index contributed by atoms with van der Waals surface area (Å²) in [7, 11) is -0.623. The van der Waals surface area contributed by atoms with Crippen LogP contribution in [0.25, 0.3) is 0 Å². The van der Waals surface area contributed by atoms with Gasteiger partial charge in [-0.1, -0.05) is 6.07 Å². The zero-order valence-electron chi connectivity index (χ0n) is 16.9. The molecule has 0 aliphatic rings. The van der Waals surface area contributed by atoms with Gasteiger partial charge in [0.25, 0.3) is 5.91 Å². The molecular formula is C20H24N2O6S. The fraction of sp³-hybridized carbons (Fsp3) is 0.300. The van der Waals surface area contributed by atoms with Crippen LogP contribution in [-0.2, 0) is 19.6 Å². The van der Waals surface area contributed by atoms with Gasteiger partial charge in [-0.05, 0) is 55.8 Å². The Morgan fingerprint density at radius 2 is 1.72 bits per heavy atom. The van der Waals surface area contributed by atoms with Crippen molar-refractivity contribution in [3.63, 3.8) is 0 Å². The van der Waals surface area contributed by atoms with Crippen LogP contribution in [0.4, 0.5) is 11.4 Å². The summed E-state index contributed by atoms with van der Waals surface area (Å²) in [5, 5.41) is 2.74. The van der Waals surface area contributed by atoms with Crippen LogP contribution in [0.15, 0.2) is 42.5 Å². The van der Waals surface area contributed by atoms with E-state index in [1.165, 1.54) is 14.2 Å². The number of ether oxygens (including phenoxy) is 2. The first kappa shape index (κ1) is 22.2. The molecule has 2 aromatic rings. The van der Waals surface area contributed by atoms with E-state index in [0.717, 1.165) is 16.1 Å². The van der Waals surface area contributed by atoms with Crippen molar-refractivity contribution in [2.24, 2.45) is 0 Å². The van der Waals surface area contributed by atoms with E-state index in [2.05, 4.69) is 5.32 Å². The maximum atomic E-state index is 12.5. The van der Waals surface area contributed by atoms with Crippen LogP contribution in [0.5, 0.6) is 5.75 Å². The van der Waals surface area contributed by atoms with Crippen LogP contribution in [0, 0.1) is 6.92 Å². The number of hydrogen-bond acceptors (Lipinski definition) is 6. The predicted octanol–water partition coefficient (Wildman–Crippen LogP) is 2.58. The Hall–Kier alpha value is -3.07. The number of aryl methyl sites for hydroxylation is 1. The average molecular weight is 420 g/mol. The summed E-state index contributed by atoms with van der Waals surface area (Å²) in [5.74, 6) is -0.477. The molecule has 0 saturated carbocycles. The molecule has 0 unspecified atom stereocenters. The van der Waals surface area contributed by atoms with Gasteiger partial charge in [-0.15, -0.1) is 0 Å². The Balaban J connectivity index is 2.07. The van der Waals surface area contributed by atoms with Crippen molar-refractivity contribution in [1.29, 1.82) is 0 Å². The van der Waals surface area contributed by atoms with Gasteiger partial charge in [0.15, 0.2) is 6.10 Å². The fourth-order valence-corrected chi connectivity index (χ4v) is 2.92. The second-order valence-corrected chi connectivity index (χ2v) is 8.51. The third-order valence-corrected chi connectivity index (χ3v) is 5.50. The van der Waals surface area contributed by atoms with Gasteiger partial charge in [-0.2, -0.15) is 0 Å². The molecule has 0 bridgehead atoms. The third-order valence-electron chi connectivity index (χ3n) is 4.30. The largest absolute Gasteiger partial charge is 0.481 e. The Kier molecular flexibility index (Phi) is 6.86. The van der Waals surface area contributed by atoms with Crippen molar-refractivity contribution in [3.05, 3.63) is 53.6 Å². The molecule has 0 heterocycles. The van der Waals surface area contributed by atoms with Crippen LogP contribution < -0.4 is 14.4 Å². The van der Waals surface area contributed by atoms with Crippen LogP contribution >= 0.6 is 0 Å². The molecule has 1 N–H and O–H groups in total. The Morgan fingerprint density at radius 3 is 2.28 bits per heavy atom. The number of sulfonamides is 1. The molecule has 0 fully saturated rings. The highest BCUT2D eigenvalue weighted by molar-refractivity contribution is 7.92. The summed E-state index contributed by atoms with van der Waals surface area (Å²) in [6.07, 6.45) is 0.288. The molecule has 0 radical (unpaired) electrons. The highest BCUT2D eigenvalue weighted by Crippen LogP contribution is 2.22. The number of carbonyl (C=O) groups is 2. The average Bonchev–Trinajstić information content (AvgIpc) is 2.68. The quantitative estimate of drug-likeness (QED) is 0.691. The first-order chi connectivity index (χ1) is 13.5. The predicted molar refractivity (Wildman–Crippen MR) is 111 cm³/mol. The van der Waals surface area contributed by atoms with Crippen molar-refractivity contribution in [2.45, 2.75) is 20.0 Å². The molecule has 0 saturated heterocycles. The second-order valence-electron chi connectivity index (χ2n) is 6.50. The lowest BCUT2D eigenvalue weighted by molar-refractivity contribution is -0.122. The monoisotopic (exact) mass is 420 g/mol. The van der Waals surface area contributed by atoms with Gasteiger partial charge in [0.05, 0.1) is 24.6 Å². The number of rotatable bonds is 7. The van der Waals surface area contributed by atoms with Gasteiger partial charge in [-0.25, -0.2) is 13.2 Å². The van der Waals surface area contributed by atoms with Crippen LogP contribution in [0.3, 0.4) is 0 Å². The fourth-order valence-electron chi connectivity index (χ4n) is 2.42. The summed E-state index contributed by atoms with van der Waals surface area (Å²) < 4.78 is 34.6. The summed E-state index contributed by atoms with van der Waals surface area (Å²) in [6.45, 7) is 3.39. The topological polar surface area (TPSA) is 102 Å².